The highest BCUT2D eigenvalue weighted by Gasteiger charge is 2.50. The van der Waals surface area contributed by atoms with Crippen LogP contribution in [0.5, 0.6) is 0 Å². The third kappa shape index (κ3) is 21.7. The molecule has 5 aliphatic heterocycles. The molecule has 10 aromatic heterocycles. The maximum atomic E-state index is 14.3. The second-order valence-electron chi connectivity index (χ2n) is 34.2. The van der Waals surface area contributed by atoms with E-state index in [-0.39, 0.29) is 22.1 Å². The SMILES string of the molecule is C=P(C)(C)CCC1O[C@@H](n2c(=S)[nH]c3c(N)ccnc32)[C@H](O)[C@@H]1O.C=P(C)(C)CCC1O[C@@H](n2c(Br)nc3c(N)ccnc32)[C@H](O)[C@@H]1O.C=P(C)(C)CCC1O[C@@H](n2c(Cl)nc3c(N)ccnc32)[C@H](O)[C@@H]1O.C=P(C)(C)CCC1O[C@@H](n2c(F)nc3c(N)ccnc32)[C@H](O)[C@@H]1O.C=P(C)(C)CCC1O[C@@H](n2c(I)nc3c(N)ccnc32)[C@H](O)[C@@H]1O. The molecular weight excluding hydrogens is 1870 g/mol. The zero-order valence-corrected chi connectivity index (χ0v) is 78.0. The molecule has 5 aliphatic rings. The number of nitrogens with one attached hydrogen (secondary N) is 1. The summed E-state index contributed by atoms with van der Waals surface area (Å²) in [5.74, 6) is 0. The summed E-state index contributed by atoms with van der Waals surface area (Å²) in [6.07, 6.45) is 17.8. The topological polar surface area (TPSA) is 535 Å². The Balaban J connectivity index is 0.000000147. The summed E-state index contributed by atoms with van der Waals surface area (Å²) in [7, 11) is 0. The molecule has 0 saturated carbocycles. The van der Waals surface area contributed by atoms with Crippen molar-refractivity contribution >= 4 is 213 Å². The van der Waals surface area contributed by atoms with Crippen LogP contribution in [0.1, 0.15) is 63.2 Å². The van der Waals surface area contributed by atoms with Crippen LogP contribution in [0.25, 0.3) is 55.8 Å². The second-order valence-corrected chi connectivity index (χ2v) is 58.2. The molecule has 5 unspecified atom stereocenters. The lowest BCUT2D eigenvalue weighted by atomic mass is 10.1. The molecule has 20 atom stereocenters. The number of nitrogens with two attached hydrogens (primary N) is 5. The Hall–Kier alpha value is -5.35. The first kappa shape index (κ1) is 95.3. The largest absolute Gasteiger partial charge is 0.397 e. The van der Waals surface area contributed by atoms with Gasteiger partial charge in [-0.2, -0.15) is 9.37 Å². The van der Waals surface area contributed by atoms with Crippen LogP contribution in [0.3, 0.4) is 0 Å². The quantitative estimate of drug-likeness (QED) is 0.0220. The number of aliphatic hydroxyl groups is 10. The minimum Gasteiger partial charge on any atom is -0.397 e. The Kier molecular flexibility index (Phi) is 30.2. The Labute approximate surface area is 726 Å². The zero-order chi connectivity index (χ0) is 88.2. The van der Waals surface area contributed by atoms with Gasteiger partial charge in [-0.3, -0.25) is 22.8 Å². The van der Waals surface area contributed by atoms with E-state index in [1.54, 1.807) is 56.6 Å². The third-order valence-electron chi connectivity index (χ3n) is 21.0. The van der Waals surface area contributed by atoms with Crippen LogP contribution in [0.2, 0.25) is 5.28 Å². The number of nitrogen functional groups attached to an aromatic ring is 5. The average Bonchev–Trinajstić information content (AvgIpc) is 1.63. The minimum atomic E-state index is -1.29. The molecule has 10 aromatic rings. The zero-order valence-electron chi connectivity index (χ0n) is 68.2. The molecule has 120 heavy (non-hydrogen) atoms. The molecule has 15 rings (SSSR count). The van der Waals surface area contributed by atoms with Gasteiger partial charge in [0.25, 0.3) is 6.08 Å². The number of hydrogen-bond donors (Lipinski definition) is 16. The van der Waals surface area contributed by atoms with Crippen molar-refractivity contribution in [1.29, 1.82) is 0 Å². The number of halogens is 4. The number of aromatic nitrogens is 15. The van der Waals surface area contributed by atoms with Crippen LogP contribution in [-0.2, 0) is 23.7 Å². The number of anilines is 5. The summed E-state index contributed by atoms with van der Waals surface area (Å²) < 4.78 is 52.7. The number of H-pyrrole nitrogens is 1. The summed E-state index contributed by atoms with van der Waals surface area (Å²) in [5.41, 5.74) is 36.2. The normalized spacial score (nSPS) is 27.9. The standard InChI is InChI=1S/C15H22BrN4O3P.C15H22ClN4O3P.C15H22FN4O3P.C15H22IN4O3P.C15H23N4O3PS/c4*1-24(2,3)7-5-9-11(21)12(22)14(23-9)20-13-10(19-15(20)16)8(17)4-6-18-13;1-23(2,3)7-5-9-11(20)12(21)14(22-9)19-13-10(18-15(19)24)8(16)4-6-17-13/h4*4,6,9,11-12,14,21-22H,1,5,7H2,2-3H3,(H2,17,18);4,6,9,11-12,14,20-21H,1,5,7H2,2-3H3,(H2,16,17)(H,18,24)/t5*9?,11-,12-,14-/m11111/s1. The summed E-state index contributed by atoms with van der Waals surface area (Å²) in [6, 6.07) is 8.15. The fourth-order valence-corrected chi connectivity index (χ4v) is 21.0. The second kappa shape index (κ2) is 38.1. The average molecular weight is 1980 g/mol. The third-order valence-corrected chi connectivity index (χ3v) is 30.2. The van der Waals surface area contributed by atoms with Crippen LogP contribution >= 0.6 is 96.8 Å². The van der Waals surface area contributed by atoms with Crippen LogP contribution in [0.4, 0.5) is 32.8 Å². The van der Waals surface area contributed by atoms with E-state index in [9.17, 15) is 55.5 Å². The molecule has 0 aromatic carbocycles. The number of hydrogen-bond acceptors (Lipinski definition) is 30. The fraction of sp³-hybridized carbons (Fsp3) is 0.533. The van der Waals surface area contributed by atoms with Crippen molar-refractivity contribution in [1.82, 2.24) is 72.7 Å². The van der Waals surface area contributed by atoms with Crippen molar-refractivity contribution in [3.8, 4) is 0 Å². The van der Waals surface area contributed by atoms with Gasteiger partial charge in [0, 0.05) is 53.6 Å². The van der Waals surface area contributed by atoms with Gasteiger partial charge < -0.3 is 108 Å². The van der Waals surface area contributed by atoms with Gasteiger partial charge in [0.1, 0.15) is 88.6 Å². The van der Waals surface area contributed by atoms with Crippen LogP contribution in [0.15, 0.2) is 66.0 Å². The van der Waals surface area contributed by atoms with E-state index in [2.05, 4.69) is 187 Å². The summed E-state index contributed by atoms with van der Waals surface area (Å²) in [6.45, 7) is 15.0. The Morgan fingerprint density at radius 1 is 0.408 bits per heavy atom. The van der Waals surface area contributed by atoms with E-state index < -0.39 is 163 Å². The smallest absolute Gasteiger partial charge is 0.293 e. The molecule has 0 bridgehead atoms. The Bertz CT molecular complexity index is 5130. The van der Waals surface area contributed by atoms with Gasteiger partial charge in [0.15, 0.2) is 72.7 Å². The molecule has 45 heteroatoms. The number of imidazole rings is 5. The van der Waals surface area contributed by atoms with Gasteiger partial charge in [-0.15, -0.1) is 65.9 Å². The van der Waals surface area contributed by atoms with Gasteiger partial charge in [0.2, 0.25) is 5.28 Å². The number of ether oxygens (including phenoxy) is 5. The van der Waals surface area contributed by atoms with E-state index in [4.69, 9.17) is 76.2 Å². The highest BCUT2D eigenvalue weighted by atomic mass is 127. The number of aromatic amines is 1. The van der Waals surface area contributed by atoms with Crippen molar-refractivity contribution in [2.24, 2.45) is 0 Å². The molecule has 0 radical (unpaired) electrons. The van der Waals surface area contributed by atoms with Crippen LogP contribution in [0, 0.1) is 14.7 Å². The van der Waals surface area contributed by atoms with Crippen molar-refractivity contribution < 1.29 is 79.1 Å². The number of fused-ring (bicyclic) bond motifs is 5. The van der Waals surface area contributed by atoms with E-state index in [1.807, 2.05) is 0 Å². The van der Waals surface area contributed by atoms with E-state index in [1.165, 1.54) is 23.0 Å². The first-order valence-corrected chi connectivity index (χ1v) is 56.3. The lowest BCUT2D eigenvalue weighted by Gasteiger charge is -2.19. The molecule has 35 nitrogen and oxygen atoms in total. The van der Waals surface area contributed by atoms with Crippen molar-refractivity contribution in [2.75, 3.05) is 126 Å². The summed E-state index contributed by atoms with van der Waals surface area (Å²) in [5, 5.41) is 104. The highest BCUT2D eigenvalue weighted by molar-refractivity contribution is 14.1. The molecule has 0 aliphatic carbocycles. The number of pyridine rings is 5. The van der Waals surface area contributed by atoms with Crippen LogP contribution < -0.4 is 28.7 Å². The number of nitrogens with zero attached hydrogens (tertiary/aromatic N) is 14. The minimum absolute atomic E-state index is 0.109. The van der Waals surface area contributed by atoms with Gasteiger partial charge in [-0.05, 0) is 200 Å². The number of aliphatic hydroxyl groups excluding tert-OH is 10. The first-order chi connectivity index (χ1) is 55.9. The van der Waals surface area contributed by atoms with E-state index in [0.29, 0.717) is 113 Å². The molecule has 0 amide bonds. The van der Waals surface area contributed by atoms with Gasteiger partial charge in [-0.25, -0.2) is 39.9 Å². The fourth-order valence-electron chi connectivity index (χ4n) is 14.4. The van der Waals surface area contributed by atoms with Gasteiger partial charge >= 0.3 is 0 Å². The summed E-state index contributed by atoms with van der Waals surface area (Å²) in [4.78, 5) is 40.9. The molecule has 5 fully saturated rings. The van der Waals surface area contributed by atoms with Gasteiger partial charge in [0.05, 0.1) is 59.0 Å². The van der Waals surface area contributed by atoms with Gasteiger partial charge in [-0.1, -0.05) is 0 Å². The van der Waals surface area contributed by atoms with Crippen molar-refractivity contribution in [2.45, 2.75) is 155 Å². The Morgan fingerprint density at radius 3 is 1.03 bits per heavy atom. The van der Waals surface area contributed by atoms with Crippen molar-refractivity contribution in [3.05, 3.63) is 86.0 Å². The monoisotopic (exact) mass is 1980 g/mol. The van der Waals surface area contributed by atoms with E-state index >= 15 is 0 Å². The molecular formula is C75H111BrClFIN20O15P5S. The lowest BCUT2D eigenvalue weighted by Crippen LogP contribution is -2.32. The predicted molar refractivity (Wildman–Crippen MR) is 499 cm³/mol. The van der Waals surface area contributed by atoms with Crippen molar-refractivity contribution in [3.63, 3.8) is 0 Å². The maximum Gasteiger partial charge on any atom is 0.293 e. The molecule has 0 spiro atoms. The van der Waals surface area contributed by atoms with Crippen LogP contribution in [-0.4, -0.2) is 344 Å². The highest BCUT2D eigenvalue weighted by Crippen LogP contribution is 2.47. The summed E-state index contributed by atoms with van der Waals surface area (Å²) >= 11 is 17.0. The molecule has 21 N–H and O–H groups in total. The van der Waals surface area contributed by atoms with E-state index in [0.717, 1.165) is 35.4 Å². The predicted octanol–water partition coefficient (Wildman–Crippen LogP) is 6.48. The Morgan fingerprint density at radius 2 is 0.675 bits per heavy atom. The maximum absolute atomic E-state index is 14.3. The molecule has 660 valence electrons. The molecule has 5 saturated heterocycles. The first-order valence-electron chi connectivity index (χ1n) is 38.4. The molecule has 15 heterocycles. The number of rotatable bonds is 20. The lowest BCUT2D eigenvalue weighted by molar-refractivity contribution is -0.0413.